The van der Waals surface area contributed by atoms with Crippen LogP contribution in [0.2, 0.25) is 0 Å². The van der Waals surface area contributed by atoms with Crippen LogP contribution >= 0.6 is 11.3 Å². The molecule has 0 saturated carbocycles. The van der Waals surface area contributed by atoms with Crippen molar-refractivity contribution in [2.75, 3.05) is 6.54 Å². The van der Waals surface area contributed by atoms with E-state index in [-0.39, 0.29) is 31.2 Å². The normalized spacial score (nSPS) is 18.5. The van der Waals surface area contributed by atoms with Gasteiger partial charge in [0.05, 0.1) is 28.6 Å². The van der Waals surface area contributed by atoms with Gasteiger partial charge < -0.3 is 19.8 Å². The molecule has 1 aromatic carbocycles. The van der Waals surface area contributed by atoms with Crippen molar-refractivity contribution >= 4 is 23.2 Å². The van der Waals surface area contributed by atoms with Crippen LogP contribution in [0, 0.1) is 6.92 Å². The monoisotopic (exact) mass is 426 g/mol. The van der Waals surface area contributed by atoms with Crippen LogP contribution in [-0.2, 0) is 22.6 Å². The highest BCUT2D eigenvalue weighted by Gasteiger charge is 2.38. The third-order valence-corrected chi connectivity index (χ3v) is 5.86. The van der Waals surface area contributed by atoms with Crippen LogP contribution in [0.1, 0.15) is 23.4 Å². The van der Waals surface area contributed by atoms with E-state index in [0.717, 1.165) is 16.0 Å². The molecule has 2 atom stereocenters. The van der Waals surface area contributed by atoms with Gasteiger partial charge in [-0.05, 0) is 18.1 Å². The van der Waals surface area contributed by atoms with Crippen molar-refractivity contribution in [1.29, 1.82) is 0 Å². The SMILES string of the molecule is Cc1cc(CC(=O)N2CC(O)CC2C(=O)NCc2ccc(-c3cncs3)cc2)on1. The molecule has 0 bridgehead atoms. The number of nitrogens with zero attached hydrogens (tertiary/aromatic N) is 3. The first kappa shape index (κ1) is 20.2. The number of carbonyl (C=O) groups is 2. The molecule has 1 aliphatic rings. The molecule has 4 rings (SSSR count). The zero-order chi connectivity index (χ0) is 21.1. The summed E-state index contributed by atoms with van der Waals surface area (Å²) in [6, 6.07) is 8.87. The zero-order valence-electron chi connectivity index (χ0n) is 16.4. The van der Waals surface area contributed by atoms with Crippen LogP contribution in [0.3, 0.4) is 0 Å². The van der Waals surface area contributed by atoms with Crippen molar-refractivity contribution in [3.63, 3.8) is 0 Å². The maximum absolute atomic E-state index is 12.7. The molecular weight excluding hydrogens is 404 g/mol. The Labute approximate surface area is 177 Å². The Balaban J connectivity index is 1.36. The van der Waals surface area contributed by atoms with Gasteiger partial charge in [-0.2, -0.15) is 0 Å². The van der Waals surface area contributed by atoms with Crippen molar-refractivity contribution in [1.82, 2.24) is 20.4 Å². The molecule has 156 valence electrons. The van der Waals surface area contributed by atoms with Gasteiger partial charge in [-0.15, -0.1) is 11.3 Å². The minimum Gasteiger partial charge on any atom is -0.391 e. The molecule has 2 unspecified atom stereocenters. The molecule has 1 aliphatic heterocycles. The quantitative estimate of drug-likeness (QED) is 0.624. The second-order valence-corrected chi connectivity index (χ2v) is 8.23. The van der Waals surface area contributed by atoms with Crippen LogP contribution in [0.5, 0.6) is 0 Å². The fourth-order valence-electron chi connectivity index (χ4n) is 3.54. The van der Waals surface area contributed by atoms with E-state index in [9.17, 15) is 14.7 Å². The maximum atomic E-state index is 12.7. The third-order valence-electron chi connectivity index (χ3n) is 5.04. The average Bonchev–Trinajstić information content (AvgIpc) is 3.48. The van der Waals surface area contributed by atoms with Gasteiger partial charge >= 0.3 is 0 Å². The fourth-order valence-corrected chi connectivity index (χ4v) is 4.17. The number of hydrogen-bond donors (Lipinski definition) is 2. The minimum atomic E-state index is -0.722. The smallest absolute Gasteiger partial charge is 0.243 e. The zero-order valence-corrected chi connectivity index (χ0v) is 17.3. The highest BCUT2D eigenvalue weighted by molar-refractivity contribution is 7.13. The Morgan fingerprint density at radius 2 is 2.13 bits per heavy atom. The van der Waals surface area contributed by atoms with E-state index in [2.05, 4.69) is 15.5 Å². The van der Waals surface area contributed by atoms with Crippen LogP contribution in [-0.4, -0.2) is 50.7 Å². The molecule has 1 saturated heterocycles. The summed E-state index contributed by atoms with van der Waals surface area (Å²) in [7, 11) is 0. The van der Waals surface area contributed by atoms with Gasteiger partial charge in [0, 0.05) is 31.8 Å². The number of β-amino-alcohol motifs (C(OH)–C–C–N with tert-alkyl or cyclic N) is 1. The van der Waals surface area contributed by atoms with Gasteiger partial charge in [-0.3, -0.25) is 14.6 Å². The van der Waals surface area contributed by atoms with Crippen LogP contribution < -0.4 is 5.32 Å². The molecule has 30 heavy (non-hydrogen) atoms. The number of nitrogens with one attached hydrogen (secondary N) is 1. The van der Waals surface area contributed by atoms with Crippen LogP contribution in [0.25, 0.3) is 10.4 Å². The average molecular weight is 426 g/mol. The van der Waals surface area contributed by atoms with E-state index >= 15 is 0 Å². The molecule has 0 aliphatic carbocycles. The maximum Gasteiger partial charge on any atom is 0.243 e. The molecule has 8 nitrogen and oxygen atoms in total. The molecule has 9 heteroatoms. The second kappa shape index (κ2) is 8.76. The Hall–Kier alpha value is -3.04. The second-order valence-electron chi connectivity index (χ2n) is 7.34. The number of aliphatic hydroxyl groups excluding tert-OH is 1. The van der Waals surface area contributed by atoms with E-state index < -0.39 is 12.1 Å². The predicted molar refractivity (Wildman–Crippen MR) is 110 cm³/mol. The molecule has 3 heterocycles. The van der Waals surface area contributed by atoms with Crippen molar-refractivity contribution < 1.29 is 19.2 Å². The van der Waals surface area contributed by atoms with E-state index in [1.165, 1.54) is 4.90 Å². The first-order chi connectivity index (χ1) is 14.5. The topological polar surface area (TPSA) is 109 Å². The number of thiazole rings is 1. The number of likely N-dealkylation sites (tertiary alicyclic amines) is 1. The van der Waals surface area contributed by atoms with E-state index in [4.69, 9.17) is 4.52 Å². The largest absolute Gasteiger partial charge is 0.391 e. The molecular formula is C21H22N4O4S. The summed E-state index contributed by atoms with van der Waals surface area (Å²) in [5, 5.41) is 16.7. The van der Waals surface area contributed by atoms with E-state index in [1.54, 1.807) is 29.8 Å². The number of aryl methyl sites for hydroxylation is 1. The lowest BCUT2D eigenvalue weighted by molar-refractivity contribution is -0.138. The molecule has 2 aromatic heterocycles. The van der Waals surface area contributed by atoms with Crippen molar-refractivity contribution in [3.8, 4) is 10.4 Å². The number of aliphatic hydroxyl groups is 1. The van der Waals surface area contributed by atoms with Gasteiger partial charge in [-0.25, -0.2) is 0 Å². The lowest BCUT2D eigenvalue weighted by atomic mass is 10.1. The number of aromatic nitrogens is 2. The first-order valence-corrected chi connectivity index (χ1v) is 10.5. The molecule has 2 N–H and O–H groups in total. The van der Waals surface area contributed by atoms with Crippen molar-refractivity contribution in [2.24, 2.45) is 0 Å². The van der Waals surface area contributed by atoms with E-state index in [0.29, 0.717) is 18.0 Å². The highest BCUT2D eigenvalue weighted by atomic mass is 32.1. The highest BCUT2D eigenvalue weighted by Crippen LogP contribution is 2.23. The summed E-state index contributed by atoms with van der Waals surface area (Å²) >= 11 is 1.57. The van der Waals surface area contributed by atoms with Gasteiger partial charge in [0.2, 0.25) is 11.8 Å². The van der Waals surface area contributed by atoms with E-state index in [1.807, 2.05) is 30.5 Å². The minimum absolute atomic E-state index is 0.0103. The third kappa shape index (κ3) is 4.58. The Bertz CT molecular complexity index is 1020. The molecule has 2 amide bonds. The predicted octanol–water partition coefficient (Wildman–Crippen LogP) is 1.93. The lowest BCUT2D eigenvalue weighted by Gasteiger charge is -2.23. The fraction of sp³-hybridized carbons (Fsp3) is 0.333. The Kier molecular flexibility index (Phi) is 5.91. The standard InChI is InChI=1S/C21H22N4O4S/c1-13-6-17(29-24-13)8-20(27)25-11-16(26)7-18(25)21(28)23-9-14-2-4-15(5-3-14)19-10-22-12-30-19/h2-6,10,12,16,18,26H,7-9,11H2,1H3,(H,23,28). The first-order valence-electron chi connectivity index (χ1n) is 9.65. The summed E-state index contributed by atoms with van der Waals surface area (Å²) in [6.45, 7) is 2.25. The summed E-state index contributed by atoms with van der Waals surface area (Å²) in [6.07, 6.45) is 1.33. The molecule has 3 aromatic rings. The van der Waals surface area contributed by atoms with Gasteiger partial charge in [0.15, 0.2) is 0 Å². The number of hydrogen-bond acceptors (Lipinski definition) is 7. The Morgan fingerprint density at radius 3 is 2.80 bits per heavy atom. The number of amides is 2. The van der Waals surface area contributed by atoms with Crippen LogP contribution in [0.15, 0.2) is 46.6 Å². The van der Waals surface area contributed by atoms with Gasteiger partial charge in [0.1, 0.15) is 11.8 Å². The summed E-state index contributed by atoms with van der Waals surface area (Å²) in [5.41, 5.74) is 4.50. The summed E-state index contributed by atoms with van der Waals surface area (Å²) in [4.78, 5) is 32.0. The van der Waals surface area contributed by atoms with Gasteiger partial charge in [-0.1, -0.05) is 29.4 Å². The Morgan fingerprint density at radius 1 is 1.33 bits per heavy atom. The molecule has 0 radical (unpaired) electrons. The number of carbonyl (C=O) groups excluding carboxylic acids is 2. The van der Waals surface area contributed by atoms with Crippen molar-refractivity contribution in [3.05, 3.63) is 59.1 Å². The van der Waals surface area contributed by atoms with Gasteiger partial charge in [0.25, 0.3) is 0 Å². The summed E-state index contributed by atoms with van der Waals surface area (Å²) in [5.74, 6) is -0.101. The lowest BCUT2D eigenvalue weighted by Crippen LogP contribution is -2.46. The van der Waals surface area contributed by atoms with Crippen molar-refractivity contribution in [2.45, 2.75) is 38.5 Å². The van der Waals surface area contributed by atoms with Crippen LogP contribution in [0.4, 0.5) is 0 Å². The number of rotatable bonds is 6. The molecule has 0 spiro atoms. The molecule has 1 fully saturated rings. The number of benzene rings is 1. The summed E-state index contributed by atoms with van der Waals surface area (Å²) < 4.78 is 5.10.